The molecule has 2 N–H and O–H groups in total. The van der Waals surface area contributed by atoms with Crippen LogP contribution < -0.4 is 5.32 Å². The summed E-state index contributed by atoms with van der Waals surface area (Å²) in [7, 11) is 0. The van der Waals surface area contributed by atoms with Crippen molar-refractivity contribution >= 4 is 11.6 Å². The standard InChI is InChI=1S/C16H21N5O/c1-12-8-15(20-19-12)13-4-3-7-21(10-13)11-16(22)18-14-5-2-6-17-9-14/h2,5-6,8-9,13H,3-4,7,10-11H2,1H3,(H,18,22)(H,19,20). The van der Waals surface area contributed by atoms with Crippen LogP contribution in [0, 0.1) is 6.92 Å². The molecule has 1 fully saturated rings. The third-order valence-corrected chi connectivity index (χ3v) is 3.96. The molecule has 6 heteroatoms. The van der Waals surface area contributed by atoms with Gasteiger partial charge in [-0.3, -0.25) is 19.8 Å². The number of hydrogen-bond donors (Lipinski definition) is 2. The summed E-state index contributed by atoms with van der Waals surface area (Å²) in [5, 5.41) is 10.2. The molecule has 0 aromatic carbocycles. The molecule has 0 spiro atoms. The number of nitrogens with zero attached hydrogens (tertiary/aromatic N) is 3. The number of likely N-dealkylation sites (tertiary alicyclic amines) is 1. The van der Waals surface area contributed by atoms with E-state index in [1.807, 2.05) is 19.1 Å². The Kier molecular flexibility index (Phi) is 4.48. The molecule has 3 heterocycles. The molecule has 116 valence electrons. The third-order valence-electron chi connectivity index (χ3n) is 3.96. The van der Waals surface area contributed by atoms with Crippen molar-refractivity contribution in [3.8, 4) is 0 Å². The number of pyridine rings is 1. The summed E-state index contributed by atoms with van der Waals surface area (Å²) in [6.45, 7) is 4.26. The van der Waals surface area contributed by atoms with Gasteiger partial charge in [0.15, 0.2) is 0 Å². The number of carbonyl (C=O) groups excluding carboxylic acids is 1. The zero-order chi connectivity index (χ0) is 15.4. The number of hydrogen-bond acceptors (Lipinski definition) is 4. The Morgan fingerprint density at radius 1 is 1.55 bits per heavy atom. The van der Waals surface area contributed by atoms with Crippen LogP contribution >= 0.6 is 0 Å². The lowest BCUT2D eigenvalue weighted by atomic mass is 9.94. The van der Waals surface area contributed by atoms with Gasteiger partial charge in [-0.2, -0.15) is 5.10 Å². The van der Waals surface area contributed by atoms with E-state index in [9.17, 15) is 4.79 Å². The minimum absolute atomic E-state index is 0.00635. The molecule has 0 bridgehead atoms. The summed E-state index contributed by atoms with van der Waals surface area (Å²) >= 11 is 0. The summed E-state index contributed by atoms with van der Waals surface area (Å²) < 4.78 is 0. The fourth-order valence-electron chi connectivity index (χ4n) is 2.93. The Morgan fingerprint density at radius 2 is 2.45 bits per heavy atom. The van der Waals surface area contributed by atoms with Crippen LogP contribution in [-0.4, -0.2) is 45.6 Å². The molecule has 0 aliphatic carbocycles. The van der Waals surface area contributed by atoms with Gasteiger partial charge in [0.1, 0.15) is 0 Å². The minimum atomic E-state index is 0.00635. The lowest BCUT2D eigenvalue weighted by Crippen LogP contribution is -2.39. The quantitative estimate of drug-likeness (QED) is 0.904. The lowest BCUT2D eigenvalue weighted by Gasteiger charge is -2.31. The summed E-state index contributed by atoms with van der Waals surface area (Å²) in [6, 6.07) is 5.76. The van der Waals surface area contributed by atoms with Gasteiger partial charge in [-0.15, -0.1) is 0 Å². The van der Waals surface area contributed by atoms with Gasteiger partial charge < -0.3 is 5.32 Å². The molecule has 1 aliphatic rings. The second-order valence-electron chi connectivity index (χ2n) is 5.84. The predicted octanol–water partition coefficient (Wildman–Crippen LogP) is 1.93. The van der Waals surface area contributed by atoms with Gasteiger partial charge in [0.05, 0.1) is 24.1 Å². The highest BCUT2D eigenvalue weighted by atomic mass is 16.2. The zero-order valence-corrected chi connectivity index (χ0v) is 12.7. The third kappa shape index (κ3) is 3.71. The second-order valence-corrected chi connectivity index (χ2v) is 5.84. The molecule has 0 radical (unpaired) electrons. The van der Waals surface area contributed by atoms with Crippen LogP contribution in [0.15, 0.2) is 30.6 Å². The molecule has 2 aromatic rings. The van der Waals surface area contributed by atoms with Gasteiger partial charge >= 0.3 is 0 Å². The van der Waals surface area contributed by atoms with Crippen molar-refractivity contribution in [1.29, 1.82) is 0 Å². The van der Waals surface area contributed by atoms with Gasteiger partial charge in [0.2, 0.25) is 5.91 Å². The van der Waals surface area contributed by atoms with Crippen LogP contribution in [0.2, 0.25) is 0 Å². The molecule has 1 saturated heterocycles. The summed E-state index contributed by atoms with van der Waals surface area (Å²) in [4.78, 5) is 18.3. The first-order valence-corrected chi connectivity index (χ1v) is 7.65. The number of aryl methyl sites for hydroxylation is 1. The van der Waals surface area contributed by atoms with E-state index in [1.165, 1.54) is 0 Å². The SMILES string of the molecule is Cc1cc(C2CCCN(CC(=O)Nc3cccnc3)C2)n[nH]1. The van der Waals surface area contributed by atoms with Crippen molar-refractivity contribution < 1.29 is 4.79 Å². The first-order chi connectivity index (χ1) is 10.7. The van der Waals surface area contributed by atoms with Gasteiger partial charge in [0.25, 0.3) is 0 Å². The number of aromatic amines is 1. The van der Waals surface area contributed by atoms with Gasteiger partial charge in [0, 0.05) is 24.4 Å². The highest BCUT2D eigenvalue weighted by Crippen LogP contribution is 2.25. The van der Waals surface area contributed by atoms with Crippen LogP contribution in [0.4, 0.5) is 5.69 Å². The van der Waals surface area contributed by atoms with Crippen LogP contribution in [-0.2, 0) is 4.79 Å². The zero-order valence-electron chi connectivity index (χ0n) is 12.7. The highest BCUT2D eigenvalue weighted by Gasteiger charge is 2.24. The maximum absolute atomic E-state index is 12.1. The molecule has 3 rings (SSSR count). The molecule has 22 heavy (non-hydrogen) atoms. The van der Waals surface area contributed by atoms with Crippen molar-refractivity contribution in [2.24, 2.45) is 0 Å². The average molecular weight is 299 g/mol. The molecular formula is C16H21N5O. The highest BCUT2D eigenvalue weighted by molar-refractivity contribution is 5.92. The Labute approximate surface area is 129 Å². The van der Waals surface area contributed by atoms with E-state index in [0.717, 1.165) is 43.0 Å². The first kappa shape index (κ1) is 14.7. The van der Waals surface area contributed by atoms with Crippen molar-refractivity contribution in [2.75, 3.05) is 25.0 Å². The number of nitrogens with one attached hydrogen (secondary N) is 2. The predicted molar refractivity (Wildman–Crippen MR) is 84.6 cm³/mol. The summed E-state index contributed by atoms with van der Waals surface area (Å²) in [5.41, 5.74) is 2.93. The van der Waals surface area contributed by atoms with E-state index in [0.29, 0.717) is 12.5 Å². The maximum atomic E-state index is 12.1. The fraction of sp³-hybridized carbons (Fsp3) is 0.438. The molecule has 1 amide bonds. The van der Waals surface area contributed by atoms with Gasteiger partial charge in [-0.1, -0.05) is 0 Å². The van der Waals surface area contributed by atoms with E-state index < -0.39 is 0 Å². The first-order valence-electron chi connectivity index (χ1n) is 7.65. The van der Waals surface area contributed by atoms with Crippen molar-refractivity contribution in [3.05, 3.63) is 42.0 Å². The number of H-pyrrole nitrogens is 1. The van der Waals surface area contributed by atoms with Crippen LogP contribution in [0.25, 0.3) is 0 Å². The fourth-order valence-corrected chi connectivity index (χ4v) is 2.93. The van der Waals surface area contributed by atoms with E-state index in [-0.39, 0.29) is 5.91 Å². The Balaban J connectivity index is 1.55. The Morgan fingerprint density at radius 3 is 3.18 bits per heavy atom. The van der Waals surface area contributed by atoms with Crippen molar-refractivity contribution in [2.45, 2.75) is 25.7 Å². The number of anilines is 1. The molecular weight excluding hydrogens is 278 g/mol. The molecule has 6 nitrogen and oxygen atoms in total. The number of carbonyl (C=O) groups is 1. The van der Waals surface area contributed by atoms with Gasteiger partial charge in [-0.05, 0) is 44.5 Å². The Hall–Kier alpha value is -2.21. The number of rotatable bonds is 4. The summed E-state index contributed by atoms with van der Waals surface area (Å²) in [5.74, 6) is 0.414. The number of aromatic nitrogens is 3. The summed E-state index contributed by atoms with van der Waals surface area (Å²) in [6.07, 6.45) is 5.57. The molecule has 2 aromatic heterocycles. The van der Waals surface area contributed by atoms with Crippen LogP contribution in [0.5, 0.6) is 0 Å². The van der Waals surface area contributed by atoms with Gasteiger partial charge in [-0.25, -0.2) is 0 Å². The normalized spacial score (nSPS) is 19.0. The van der Waals surface area contributed by atoms with E-state index >= 15 is 0 Å². The van der Waals surface area contributed by atoms with Crippen LogP contribution in [0.3, 0.4) is 0 Å². The molecule has 0 saturated carbocycles. The lowest BCUT2D eigenvalue weighted by molar-refractivity contribution is -0.117. The van der Waals surface area contributed by atoms with E-state index in [1.54, 1.807) is 12.4 Å². The molecule has 1 unspecified atom stereocenters. The monoisotopic (exact) mass is 299 g/mol. The number of amides is 1. The van der Waals surface area contributed by atoms with Crippen molar-refractivity contribution in [1.82, 2.24) is 20.1 Å². The number of piperidine rings is 1. The minimum Gasteiger partial charge on any atom is -0.324 e. The average Bonchev–Trinajstić information content (AvgIpc) is 2.95. The van der Waals surface area contributed by atoms with E-state index in [4.69, 9.17) is 0 Å². The smallest absolute Gasteiger partial charge is 0.238 e. The largest absolute Gasteiger partial charge is 0.324 e. The van der Waals surface area contributed by atoms with Crippen LogP contribution in [0.1, 0.15) is 30.1 Å². The second kappa shape index (κ2) is 6.70. The molecule has 1 atom stereocenters. The van der Waals surface area contributed by atoms with Crippen molar-refractivity contribution in [3.63, 3.8) is 0 Å². The topological polar surface area (TPSA) is 73.9 Å². The molecule has 1 aliphatic heterocycles. The van der Waals surface area contributed by atoms with E-state index in [2.05, 4.69) is 31.5 Å². The maximum Gasteiger partial charge on any atom is 0.238 e. The Bertz CT molecular complexity index is 624.